The number of halogens is 3. The molecule has 0 atom stereocenters. The molecule has 0 aliphatic carbocycles. The smallest absolute Gasteiger partial charge is 0.140 e. The van der Waals surface area contributed by atoms with Crippen molar-refractivity contribution in [2.75, 3.05) is 0 Å². The van der Waals surface area contributed by atoms with Crippen molar-refractivity contribution >= 4 is 17.6 Å². The molecule has 0 radical (unpaired) electrons. The minimum Gasteiger partial charge on any atom is -0.384 e. The highest BCUT2D eigenvalue weighted by atomic mass is 32.2. The molecular weight excluding hydrogens is 273 g/mol. The number of nitrogen functional groups attached to an aromatic ring is 1. The van der Waals surface area contributed by atoms with Gasteiger partial charge >= 0.3 is 0 Å². The zero-order valence-electron chi connectivity index (χ0n) is 9.58. The molecule has 0 aliphatic heterocycles. The Morgan fingerprint density at radius 1 is 0.947 bits per heavy atom. The summed E-state index contributed by atoms with van der Waals surface area (Å²) in [6.45, 7) is 0. The standard InChI is InChI=1S/C13H9F3N2S/c14-8-2-4-12(10(16)6-8)19-11-3-1-7(13(17)18)5-9(11)15/h1-6H,(H3,17,18). The molecule has 0 aliphatic rings. The molecule has 0 unspecified atom stereocenters. The van der Waals surface area contributed by atoms with Gasteiger partial charge in [-0.1, -0.05) is 11.8 Å². The quantitative estimate of drug-likeness (QED) is 0.668. The molecule has 2 aromatic carbocycles. The van der Waals surface area contributed by atoms with Crippen molar-refractivity contribution < 1.29 is 13.2 Å². The molecule has 0 amide bonds. The maximum atomic E-state index is 13.7. The van der Waals surface area contributed by atoms with Crippen LogP contribution in [-0.2, 0) is 0 Å². The average Bonchev–Trinajstić information content (AvgIpc) is 2.34. The fourth-order valence-corrected chi connectivity index (χ4v) is 2.25. The SMILES string of the molecule is N=C(N)c1ccc(Sc2ccc(F)cc2F)c(F)c1. The zero-order valence-corrected chi connectivity index (χ0v) is 10.4. The Morgan fingerprint density at radius 3 is 2.05 bits per heavy atom. The Kier molecular flexibility index (Phi) is 3.80. The summed E-state index contributed by atoms with van der Waals surface area (Å²) in [5, 5.41) is 7.18. The molecule has 2 aromatic rings. The van der Waals surface area contributed by atoms with E-state index in [4.69, 9.17) is 11.1 Å². The second kappa shape index (κ2) is 5.36. The van der Waals surface area contributed by atoms with E-state index >= 15 is 0 Å². The molecule has 0 bridgehead atoms. The highest BCUT2D eigenvalue weighted by molar-refractivity contribution is 7.99. The first-order valence-electron chi connectivity index (χ1n) is 5.24. The van der Waals surface area contributed by atoms with E-state index in [0.29, 0.717) is 0 Å². The average molecular weight is 282 g/mol. The summed E-state index contributed by atoms with van der Waals surface area (Å²) in [6.07, 6.45) is 0. The monoisotopic (exact) mass is 282 g/mol. The normalized spacial score (nSPS) is 10.5. The lowest BCUT2D eigenvalue weighted by atomic mass is 10.2. The van der Waals surface area contributed by atoms with Crippen molar-refractivity contribution in [3.05, 3.63) is 59.4 Å². The first-order chi connectivity index (χ1) is 8.97. The van der Waals surface area contributed by atoms with E-state index in [-0.39, 0.29) is 21.2 Å². The highest BCUT2D eigenvalue weighted by Gasteiger charge is 2.10. The van der Waals surface area contributed by atoms with Gasteiger partial charge in [0.15, 0.2) is 0 Å². The molecule has 0 heterocycles. The third-order valence-electron chi connectivity index (χ3n) is 2.36. The maximum absolute atomic E-state index is 13.7. The van der Waals surface area contributed by atoms with Crippen LogP contribution in [0.2, 0.25) is 0 Å². The summed E-state index contributed by atoms with van der Waals surface area (Å²) in [5.74, 6) is -2.29. The minimum absolute atomic E-state index is 0.121. The molecule has 2 nitrogen and oxygen atoms in total. The Labute approximate surface area is 111 Å². The van der Waals surface area contributed by atoms with Crippen molar-refractivity contribution in [2.24, 2.45) is 5.73 Å². The highest BCUT2D eigenvalue weighted by Crippen LogP contribution is 2.32. The van der Waals surface area contributed by atoms with Crippen LogP contribution in [-0.4, -0.2) is 5.84 Å². The summed E-state index contributed by atoms with van der Waals surface area (Å²) in [7, 11) is 0. The third-order valence-corrected chi connectivity index (χ3v) is 3.46. The van der Waals surface area contributed by atoms with Crippen LogP contribution in [0.3, 0.4) is 0 Å². The zero-order chi connectivity index (χ0) is 14.0. The lowest BCUT2D eigenvalue weighted by Gasteiger charge is -2.06. The van der Waals surface area contributed by atoms with Gasteiger partial charge in [-0.15, -0.1) is 0 Å². The van der Waals surface area contributed by atoms with Gasteiger partial charge in [0.25, 0.3) is 0 Å². The first kappa shape index (κ1) is 13.5. The number of hydrogen-bond acceptors (Lipinski definition) is 2. The van der Waals surface area contributed by atoms with Gasteiger partial charge < -0.3 is 5.73 Å². The van der Waals surface area contributed by atoms with Gasteiger partial charge in [-0.05, 0) is 30.3 Å². The fraction of sp³-hybridized carbons (Fsp3) is 0. The van der Waals surface area contributed by atoms with E-state index in [9.17, 15) is 13.2 Å². The predicted molar refractivity (Wildman–Crippen MR) is 67.9 cm³/mol. The number of benzene rings is 2. The number of nitrogens with one attached hydrogen (secondary N) is 1. The van der Waals surface area contributed by atoms with Gasteiger partial charge in [0.2, 0.25) is 0 Å². The lowest BCUT2D eigenvalue weighted by Crippen LogP contribution is -2.11. The molecule has 0 saturated carbocycles. The third kappa shape index (κ3) is 3.08. The molecule has 0 fully saturated rings. The van der Waals surface area contributed by atoms with Crippen molar-refractivity contribution in [1.29, 1.82) is 5.41 Å². The van der Waals surface area contributed by atoms with Gasteiger partial charge in [-0.3, -0.25) is 5.41 Å². The van der Waals surface area contributed by atoms with Gasteiger partial charge in [0.1, 0.15) is 23.3 Å². The van der Waals surface area contributed by atoms with E-state index < -0.39 is 17.5 Å². The van der Waals surface area contributed by atoms with E-state index in [2.05, 4.69) is 0 Å². The van der Waals surface area contributed by atoms with Crippen molar-refractivity contribution in [2.45, 2.75) is 9.79 Å². The number of amidine groups is 1. The Morgan fingerprint density at radius 2 is 1.53 bits per heavy atom. The lowest BCUT2D eigenvalue weighted by molar-refractivity contribution is 0.565. The first-order valence-corrected chi connectivity index (χ1v) is 6.06. The molecule has 2 rings (SSSR count). The van der Waals surface area contributed by atoms with Crippen LogP contribution in [0.4, 0.5) is 13.2 Å². The van der Waals surface area contributed by atoms with Crippen LogP contribution >= 0.6 is 11.8 Å². The molecule has 3 N–H and O–H groups in total. The molecule has 0 spiro atoms. The maximum Gasteiger partial charge on any atom is 0.140 e. The summed E-state index contributed by atoms with van der Waals surface area (Å²) in [6, 6.07) is 7.06. The van der Waals surface area contributed by atoms with Crippen LogP contribution in [0.1, 0.15) is 5.56 Å². The van der Waals surface area contributed by atoms with E-state index in [1.54, 1.807) is 0 Å². The van der Waals surface area contributed by atoms with Crippen molar-refractivity contribution in [3.63, 3.8) is 0 Å². The van der Waals surface area contributed by atoms with Crippen LogP contribution in [0.5, 0.6) is 0 Å². The Hall–Kier alpha value is -1.95. The second-order valence-corrected chi connectivity index (χ2v) is 4.82. The molecule has 6 heteroatoms. The van der Waals surface area contributed by atoms with Gasteiger partial charge in [0.05, 0.1) is 0 Å². The predicted octanol–water partition coefficient (Wildman–Crippen LogP) is 3.54. The van der Waals surface area contributed by atoms with Crippen LogP contribution in [0.15, 0.2) is 46.2 Å². The van der Waals surface area contributed by atoms with Gasteiger partial charge in [-0.2, -0.15) is 0 Å². The van der Waals surface area contributed by atoms with Crippen molar-refractivity contribution in [1.82, 2.24) is 0 Å². The van der Waals surface area contributed by atoms with E-state index in [1.165, 1.54) is 18.2 Å². The second-order valence-electron chi connectivity index (χ2n) is 3.74. The van der Waals surface area contributed by atoms with Gasteiger partial charge in [-0.25, -0.2) is 13.2 Å². The molecular formula is C13H9F3N2S. The van der Waals surface area contributed by atoms with E-state index in [1.807, 2.05) is 0 Å². The Balaban J connectivity index is 2.31. The van der Waals surface area contributed by atoms with Crippen LogP contribution in [0, 0.1) is 22.9 Å². The largest absolute Gasteiger partial charge is 0.384 e. The molecule has 19 heavy (non-hydrogen) atoms. The molecule has 0 aromatic heterocycles. The van der Waals surface area contributed by atoms with E-state index in [0.717, 1.165) is 30.0 Å². The van der Waals surface area contributed by atoms with Gasteiger partial charge in [0, 0.05) is 21.4 Å². The summed E-state index contributed by atoms with van der Waals surface area (Å²) < 4.78 is 39.9. The Bertz CT molecular complexity index is 644. The minimum atomic E-state index is -0.750. The van der Waals surface area contributed by atoms with Crippen LogP contribution < -0.4 is 5.73 Å². The summed E-state index contributed by atoms with van der Waals surface area (Å²) in [5.41, 5.74) is 5.49. The van der Waals surface area contributed by atoms with Crippen molar-refractivity contribution in [3.8, 4) is 0 Å². The summed E-state index contributed by atoms with van der Waals surface area (Å²) >= 11 is 0.842. The van der Waals surface area contributed by atoms with Crippen LogP contribution in [0.25, 0.3) is 0 Å². The molecule has 0 saturated heterocycles. The molecule has 98 valence electrons. The fourth-order valence-electron chi connectivity index (χ4n) is 1.43. The number of nitrogens with two attached hydrogens (primary N) is 1. The topological polar surface area (TPSA) is 49.9 Å². The number of hydrogen-bond donors (Lipinski definition) is 2. The summed E-state index contributed by atoms with van der Waals surface area (Å²) in [4.78, 5) is 0.298. The number of rotatable bonds is 3.